The fraction of sp³-hybridized carbons (Fsp3) is 0.250. The second-order valence-corrected chi connectivity index (χ2v) is 8.77. The third-order valence-electron chi connectivity index (χ3n) is 6.34. The predicted octanol–water partition coefficient (Wildman–Crippen LogP) is 6.56. The van der Waals surface area contributed by atoms with E-state index in [-0.39, 0.29) is 0 Å². The first-order valence-electron chi connectivity index (χ1n) is 12.5. The second kappa shape index (κ2) is 13.5. The maximum absolute atomic E-state index is 6.20. The molecule has 4 aromatic rings. The molecule has 5 nitrogen and oxygen atoms in total. The Morgan fingerprint density at radius 3 is 2.08 bits per heavy atom. The highest BCUT2D eigenvalue weighted by Crippen LogP contribution is 2.35. The van der Waals surface area contributed by atoms with Gasteiger partial charge in [0.1, 0.15) is 23.9 Å². The van der Waals surface area contributed by atoms with Crippen molar-refractivity contribution >= 4 is 0 Å². The van der Waals surface area contributed by atoms with Crippen molar-refractivity contribution in [1.29, 1.82) is 0 Å². The number of benzene rings is 4. The minimum absolute atomic E-state index is 0.454. The fourth-order valence-corrected chi connectivity index (χ4v) is 4.27. The summed E-state index contributed by atoms with van der Waals surface area (Å²) in [4.78, 5) is 0. The van der Waals surface area contributed by atoms with E-state index >= 15 is 0 Å². The number of methoxy groups -OCH3 is 2. The van der Waals surface area contributed by atoms with E-state index < -0.39 is 0 Å². The molecule has 0 heterocycles. The highest BCUT2D eigenvalue weighted by Gasteiger charge is 2.14. The molecule has 0 aliphatic carbocycles. The Morgan fingerprint density at radius 2 is 1.41 bits per heavy atom. The zero-order valence-electron chi connectivity index (χ0n) is 21.8. The van der Waals surface area contributed by atoms with Gasteiger partial charge in [-0.2, -0.15) is 0 Å². The van der Waals surface area contributed by atoms with Crippen LogP contribution in [0.1, 0.15) is 22.3 Å². The molecule has 0 saturated heterocycles. The minimum atomic E-state index is 0.454. The van der Waals surface area contributed by atoms with Crippen molar-refractivity contribution in [2.75, 3.05) is 27.4 Å². The van der Waals surface area contributed by atoms with E-state index in [2.05, 4.69) is 66.8 Å². The van der Waals surface area contributed by atoms with Crippen molar-refractivity contribution < 1.29 is 18.9 Å². The van der Waals surface area contributed by atoms with Crippen molar-refractivity contribution in [3.05, 3.63) is 113 Å². The van der Waals surface area contributed by atoms with Crippen LogP contribution in [0.2, 0.25) is 0 Å². The summed E-state index contributed by atoms with van der Waals surface area (Å²) in [5.74, 6) is 2.15. The van der Waals surface area contributed by atoms with Gasteiger partial charge >= 0.3 is 0 Å². The maximum Gasteiger partial charge on any atom is 0.130 e. The second-order valence-electron chi connectivity index (χ2n) is 8.77. The molecule has 0 amide bonds. The van der Waals surface area contributed by atoms with Crippen LogP contribution in [-0.4, -0.2) is 27.4 Å². The first-order valence-corrected chi connectivity index (χ1v) is 12.5. The van der Waals surface area contributed by atoms with Gasteiger partial charge in [-0.3, -0.25) is 0 Å². The molecule has 0 aliphatic rings. The molecule has 4 rings (SSSR count). The van der Waals surface area contributed by atoms with Gasteiger partial charge in [0.15, 0.2) is 0 Å². The third kappa shape index (κ3) is 7.13. The van der Waals surface area contributed by atoms with Crippen LogP contribution in [0.25, 0.3) is 11.1 Å². The van der Waals surface area contributed by atoms with Gasteiger partial charge in [0.25, 0.3) is 0 Å². The molecule has 5 heteroatoms. The lowest BCUT2D eigenvalue weighted by Crippen LogP contribution is -2.20. The molecule has 37 heavy (non-hydrogen) atoms. The number of hydrogen-bond acceptors (Lipinski definition) is 5. The first-order chi connectivity index (χ1) is 18.2. The average molecular weight is 498 g/mol. The summed E-state index contributed by atoms with van der Waals surface area (Å²) in [6.07, 6.45) is 0. The third-order valence-corrected chi connectivity index (χ3v) is 6.34. The summed E-state index contributed by atoms with van der Waals surface area (Å²) in [5.41, 5.74) is 6.88. The Balaban J connectivity index is 1.36. The molecule has 4 aromatic carbocycles. The highest BCUT2D eigenvalue weighted by atomic mass is 16.5. The van der Waals surface area contributed by atoms with Crippen molar-refractivity contribution in [2.45, 2.75) is 26.7 Å². The van der Waals surface area contributed by atoms with E-state index in [0.717, 1.165) is 22.6 Å². The number of hydrogen-bond donors (Lipinski definition) is 1. The largest absolute Gasteiger partial charge is 0.496 e. The highest BCUT2D eigenvalue weighted by molar-refractivity contribution is 5.68. The van der Waals surface area contributed by atoms with Crippen molar-refractivity contribution in [2.24, 2.45) is 0 Å². The summed E-state index contributed by atoms with van der Waals surface area (Å²) in [6.45, 7) is 5.13. The Morgan fingerprint density at radius 1 is 0.730 bits per heavy atom. The monoisotopic (exact) mass is 497 g/mol. The molecule has 0 aliphatic heterocycles. The molecule has 192 valence electrons. The maximum atomic E-state index is 6.20. The van der Waals surface area contributed by atoms with Gasteiger partial charge in [-0.15, -0.1) is 0 Å². The van der Waals surface area contributed by atoms with Crippen LogP contribution in [0.5, 0.6) is 17.2 Å². The lowest BCUT2D eigenvalue weighted by molar-refractivity contribution is 0.122. The predicted molar refractivity (Wildman–Crippen MR) is 148 cm³/mol. The number of ether oxygens (including phenoxy) is 4. The van der Waals surface area contributed by atoms with Gasteiger partial charge in [-0.1, -0.05) is 78.9 Å². The molecule has 0 bridgehead atoms. The standard InChI is InChI=1S/C32H35NO4/c1-24-27(15-10-16-29(24)26-13-8-5-9-14-26)23-37-28-19-31(34-2)30(32(20-28)35-3)21-33-17-18-36-22-25-11-6-4-7-12-25/h4-16,19-20,33H,17-18,21-23H2,1-3H3. The normalized spacial score (nSPS) is 10.8. The van der Waals surface area contributed by atoms with E-state index in [1.165, 1.54) is 22.3 Å². The summed E-state index contributed by atoms with van der Waals surface area (Å²) < 4.78 is 23.3. The average Bonchev–Trinajstić information content (AvgIpc) is 2.95. The van der Waals surface area contributed by atoms with E-state index in [1.807, 2.05) is 36.4 Å². The lowest BCUT2D eigenvalue weighted by Gasteiger charge is -2.17. The fourth-order valence-electron chi connectivity index (χ4n) is 4.27. The van der Waals surface area contributed by atoms with Crippen molar-refractivity contribution in [1.82, 2.24) is 5.32 Å². The zero-order chi connectivity index (χ0) is 25.9. The molecule has 1 N–H and O–H groups in total. The zero-order valence-corrected chi connectivity index (χ0v) is 21.8. The molecule has 0 unspecified atom stereocenters. The minimum Gasteiger partial charge on any atom is -0.496 e. The molecule has 0 spiro atoms. The molecule has 0 radical (unpaired) electrons. The van der Waals surface area contributed by atoms with Gasteiger partial charge in [0.05, 0.1) is 33.0 Å². The summed E-state index contributed by atoms with van der Waals surface area (Å²) >= 11 is 0. The van der Waals surface area contributed by atoms with Gasteiger partial charge in [-0.05, 0) is 34.7 Å². The van der Waals surface area contributed by atoms with Gasteiger partial charge in [-0.25, -0.2) is 0 Å². The van der Waals surface area contributed by atoms with E-state index in [0.29, 0.717) is 38.7 Å². The van der Waals surface area contributed by atoms with Crippen LogP contribution in [0.4, 0.5) is 0 Å². The molecular weight excluding hydrogens is 462 g/mol. The van der Waals surface area contributed by atoms with Gasteiger partial charge in [0.2, 0.25) is 0 Å². The molecule has 0 saturated carbocycles. The van der Waals surface area contributed by atoms with Crippen molar-refractivity contribution in [3.63, 3.8) is 0 Å². The molecule has 0 fully saturated rings. The number of rotatable bonds is 13. The topological polar surface area (TPSA) is 49.0 Å². The Hall–Kier alpha value is -3.80. The Labute approximate surface area is 220 Å². The smallest absolute Gasteiger partial charge is 0.130 e. The summed E-state index contributed by atoms with van der Waals surface area (Å²) in [6, 6.07) is 30.8. The summed E-state index contributed by atoms with van der Waals surface area (Å²) in [7, 11) is 3.33. The first kappa shape index (κ1) is 26.3. The van der Waals surface area contributed by atoms with Gasteiger partial charge in [0, 0.05) is 25.2 Å². The molecule has 0 atom stereocenters. The molecular formula is C32H35NO4. The van der Waals surface area contributed by atoms with E-state index in [1.54, 1.807) is 14.2 Å². The summed E-state index contributed by atoms with van der Waals surface area (Å²) in [5, 5.41) is 3.42. The van der Waals surface area contributed by atoms with Crippen LogP contribution in [0.15, 0.2) is 91.0 Å². The van der Waals surface area contributed by atoms with E-state index in [9.17, 15) is 0 Å². The Bertz CT molecular complexity index is 1230. The van der Waals surface area contributed by atoms with Crippen LogP contribution in [0, 0.1) is 6.92 Å². The molecule has 0 aromatic heterocycles. The van der Waals surface area contributed by atoms with Crippen LogP contribution in [-0.2, 0) is 24.5 Å². The van der Waals surface area contributed by atoms with Crippen molar-refractivity contribution in [3.8, 4) is 28.4 Å². The van der Waals surface area contributed by atoms with E-state index in [4.69, 9.17) is 18.9 Å². The van der Waals surface area contributed by atoms with Crippen LogP contribution < -0.4 is 19.5 Å². The quantitative estimate of drug-likeness (QED) is 0.212. The van der Waals surface area contributed by atoms with Gasteiger partial charge < -0.3 is 24.3 Å². The lowest BCUT2D eigenvalue weighted by atomic mass is 9.97. The van der Waals surface area contributed by atoms with Crippen LogP contribution in [0.3, 0.4) is 0 Å². The number of nitrogens with one attached hydrogen (secondary N) is 1. The SMILES string of the molecule is COc1cc(OCc2cccc(-c3ccccc3)c2C)cc(OC)c1CNCCOCc1ccccc1. The van der Waals surface area contributed by atoms with Crippen LogP contribution >= 0.6 is 0 Å². The Kier molecular flexibility index (Phi) is 9.58.